The van der Waals surface area contributed by atoms with Gasteiger partial charge in [0, 0.05) is 17.3 Å². The number of nitrogen functional groups attached to an aromatic ring is 1. The molecule has 0 spiro atoms. The maximum atomic E-state index is 5.79. The van der Waals surface area contributed by atoms with Crippen LogP contribution in [-0.4, -0.2) is 7.11 Å². The normalized spacial score (nSPS) is 10.4. The van der Waals surface area contributed by atoms with E-state index in [0.29, 0.717) is 13.2 Å². The van der Waals surface area contributed by atoms with E-state index in [9.17, 15) is 0 Å². The first-order valence-corrected chi connectivity index (χ1v) is 6.72. The summed E-state index contributed by atoms with van der Waals surface area (Å²) in [7, 11) is 1.68. The maximum Gasteiger partial charge on any atom is 0.120 e. The van der Waals surface area contributed by atoms with Gasteiger partial charge in [0.05, 0.1) is 6.61 Å². The van der Waals surface area contributed by atoms with Crippen LogP contribution in [0.3, 0.4) is 0 Å². The van der Waals surface area contributed by atoms with Gasteiger partial charge in [-0.25, -0.2) is 0 Å². The highest BCUT2D eigenvalue weighted by Gasteiger charge is 2.00. The van der Waals surface area contributed by atoms with Gasteiger partial charge < -0.3 is 15.2 Å². The molecule has 0 saturated heterocycles. The summed E-state index contributed by atoms with van der Waals surface area (Å²) in [6, 6.07) is 13.6. The van der Waals surface area contributed by atoms with E-state index in [2.05, 4.69) is 15.9 Å². The second kappa shape index (κ2) is 6.59. The lowest BCUT2D eigenvalue weighted by Crippen LogP contribution is -1.98. The number of hydrogen-bond acceptors (Lipinski definition) is 3. The van der Waals surface area contributed by atoms with Crippen molar-refractivity contribution in [3.05, 3.63) is 58.1 Å². The molecule has 0 atom stereocenters. The Labute approximate surface area is 121 Å². The monoisotopic (exact) mass is 321 g/mol. The summed E-state index contributed by atoms with van der Waals surface area (Å²) < 4.78 is 11.8. The van der Waals surface area contributed by atoms with Crippen molar-refractivity contribution in [3.63, 3.8) is 0 Å². The van der Waals surface area contributed by atoms with Crippen LogP contribution >= 0.6 is 15.9 Å². The van der Waals surface area contributed by atoms with Crippen LogP contribution in [0.1, 0.15) is 11.1 Å². The Morgan fingerprint density at radius 3 is 2.63 bits per heavy atom. The van der Waals surface area contributed by atoms with Crippen LogP contribution in [0.5, 0.6) is 5.75 Å². The largest absolute Gasteiger partial charge is 0.489 e. The molecule has 0 bridgehead atoms. The number of rotatable bonds is 5. The predicted molar refractivity (Wildman–Crippen MR) is 80.0 cm³/mol. The lowest BCUT2D eigenvalue weighted by Gasteiger charge is -2.09. The average molecular weight is 322 g/mol. The predicted octanol–water partition coefficient (Wildman–Crippen LogP) is 3.76. The third-order valence-electron chi connectivity index (χ3n) is 2.59. The van der Waals surface area contributed by atoms with Crippen molar-refractivity contribution in [3.8, 4) is 5.75 Å². The minimum atomic E-state index is 0.486. The Balaban J connectivity index is 2.03. The fourth-order valence-electron chi connectivity index (χ4n) is 1.82. The van der Waals surface area contributed by atoms with Crippen molar-refractivity contribution in [2.45, 2.75) is 13.2 Å². The summed E-state index contributed by atoms with van der Waals surface area (Å²) in [5.41, 5.74) is 8.64. The second-order valence-electron chi connectivity index (χ2n) is 4.26. The van der Waals surface area contributed by atoms with Crippen molar-refractivity contribution >= 4 is 21.6 Å². The number of ether oxygens (including phenoxy) is 2. The highest BCUT2D eigenvalue weighted by molar-refractivity contribution is 9.10. The number of halogens is 1. The summed E-state index contributed by atoms with van der Waals surface area (Å²) in [6.45, 7) is 1.07. The lowest BCUT2D eigenvalue weighted by molar-refractivity contribution is 0.184. The standard InChI is InChI=1S/C15H16BrNO2/c1-18-9-11-3-2-4-15(7-11)19-10-12-5-13(16)8-14(17)6-12/h2-8H,9-10,17H2,1H3. The van der Waals surface area contributed by atoms with Gasteiger partial charge in [0.25, 0.3) is 0 Å². The second-order valence-corrected chi connectivity index (χ2v) is 5.18. The first-order valence-electron chi connectivity index (χ1n) is 5.93. The molecule has 0 aliphatic heterocycles. The van der Waals surface area contributed by atoms with Gasteiger partial charge in [-0.1, -0.05) is 28.1 Å². The first kappa shape index (κ1) is 13.9. The molecule has 0 aliphatic rings. The zero-order valence-corrected chi connectivity index (χ0v) is 12.3. The number of benzene rings is 2. The molecule has 0 saturated carbocycles. The summed E-state index contributed by atoms with van der Waals surface area (Å²) >= 11 is 3.42. The van der Waals surface area contributed by atoms with Crippen molar-refractivity contribution in [2.75, 3.05) is 12.8 Å². The Bertz CT molecular complexity index is 537. The summed E-state index contributed by atoms with van der Waals surface area (Å²) in [5, 5.41) is 0. The van der Waals surface area contributed by atoms with Crippen LogP contribution in [-0.2, 0) is 18.0 Å². The Morgan fingerprint density at radius 2 is 1.89 bits per heavy atom. The van der Waals surface area contributed by atoms with Crippen LogP contribution in [0.4, 0.5) is 5.69 Å². The van der Waals surface area contributed by atoms with Crippen LogP contribution in [0.15, 0.2) is 46.9 Å². The van der Waals surface area contributed by atoms with E-state index < -0.39 is 0 Å². The topological polar surface area (TPSA) is 44.5 Å². The minimum Gasteiger partial charge on any atom is -0.489 e. The van der Waals surface area contributed by atoms with Crippen molar-refractivity contribution in [1.29, 1.82) is 0 Å². The van der Waals surface area contributed by atoms with Gasteiger partial charge in [-0.3, -0.25) is 0 Å². The molecule has 0 radical (unpaired) electrons. The van der Waals surface area contributed by atoms with Crippen LogP contribution in [0, 0.1) is 0 Å². The van der Waals surface area contributed by atoms with E-state index in [1.165, 1.54) is 0 Å². The molecule has 0 aliphatic carbocycles. The van der Waals surface area contributed by atoms with Gasteiger partial charge in [0.1, 0.15) is 12.4 Å². The molecule has 2 N–H and O–H groups in total. The summed E-state index contributed by atoms with van der Waals surface area (Å²) in [4.78, 5) is 0. The van der Waals surface area contributed by atoms with E-state index in [4.69, 9.17) is 15.2 Å². The Morgan fingerprint density at radius 1 is 1.05 bits per heavy atom. The number of anilines is 1. The van der Waals surface area contributed by atoms with Gasteiger partial charge in [0.2, 0.25) is 0 Å². The van der Waals surface area contributed by atoms with E-state index in [0.717, 1.165) is 27.0 Å². The minimum absolute atomic E-state index is 0.486. The third-order valence-corrected chi connectivity index (χ3v) is 3.05. The van der Waals surface area contributed by atoms with Crippen molar-refractivity contribution in [1.82, 2.24) is 0 Å². The number of nitrogens with two attached hydrogens (primary N) is 1. The van der Waals surface area contributed by atoms with Crippen LogP contribution < -0.4 is 10.5 Å². The summed E-state index contributed by atoms with van der Waals surface area (Å²) in [5.74, 6) is 0.827. The fourth-order valence-corrected chi connectivity index (χ4v) is 2.38. The van der Waals surface area contributed by atoms with Crippen molar-refractivity contribution < 1.29 is 9.47 Å². The molecule has 0 amide bonds. The Hall–Kier alpha value is -1.52. The van der Waals surface area contributed by atoms with E-state index in [1.54, 1.807) is 7.11 Å². The molecule has 19 heavy (non-hydrogen) atoms. The summed E-state index contributed by atoms with van der Waals surface area (Å²) in [6.07, 6.45) is 0. The molecule has 0 fully saturated rings. The zero-order chi connectivity index (χ0) is 13.7. The zero-order valence-electron chi connectivity index (χ0n) is 10.7. The highest BCUT2D eigenvalue weighted by Crippen LogP contribution is 2.20. The molecule has 4 heteroatoms. The van der Waals surface area contributed by atoms with E-state index >= 15 is 0 Å². The molecule has 100 valence electrons. The molecule has 0 heterocycles. The average Bonchev–Trinajstić information content (AvgIpc) is 2.36. The van der Waals surface area contributed by atoms with Crippen LogP contribution in [0.2, 0.25) is 0 Å². The lowest BCUT2D eigenvalue weighted by atomic mass is 10.2. The fraction of sp³-hybridized carbons (Fsp3) is 0.200. The van der Waals surface area contributed by atoms with Gasteiger partial charge >= 0.3 is 0 Å². The molecule has 2 aromatic carbocycles. The molecular weight excluding hydrogens is 306 g/mol. The van der Waals surface area contributed by atoms with Crippen LogP contribution in [0.25, 0.3) is 0 Å². The molecular formula is C15H16BrNO2. The van der Waals surface area contributed by atoms with Gasteiger partial charge in [0.15, 0.2) is 0 Å². The SMILES string of the molecule is COCc1cccc(OCc2cc(N)cc(Br)c2)c1. The molecule has 0 unspecified atom stereocenters. The van der Waals surface area contributed by atoms with Gasteiger partial charge in [-0.2, -0.15) is 0 Å². The van der Waals surface area contributed by atoms with E-state index in [1.807, 2.05) is 42.5 Å². The Kier molecular flexibility index (Phi) is 4.82. The molecule has 2 aromatic rings. The molecule has 3 nitrogen and oxygen atoms in total. The molecule has 0 aromatic heterocycles. The molecule has 2 rings (SSSR count). The van der Waals surface area contributed by atoms with Gasteiger partial charge in [-0.05, 0) is 41.5 Å². The maximum absolute atomic E-state index is 5.79. The van der Waals surface area contributed by atoms with Crippen molar-refractivity contribution in [2.24, 2.45) is 0 Å². The quantitative estimate of drug-likeness (QED) is 0.853. The van der Waals surface area contributed by atoms with E-state index in [-0.39, 0.29) is 0 Å². The first-order chi connectivity index (χ1) is 9.17. The van der Waals surface area contributed by atoms with Gasteiger partial charge in [-0.15, -0.1) is 0 Å². The number of methoxy groups -OCH3 is 1. The smallest absolute Gasteiger partial charge is 0.120 e. The third kappa shape index (κ3) is 4.26. The highest BCUT2D eigenvalue weighted by atomic mass is 79.9. The number of hydrogen-bond donors (Lipinski definition) is 1.